The molecule has 0 amide bonds. The van der Waals surface area contributed by atoms with Crippen molar-refractivity contribution in [3.63, 3.8) is 0 Å². The quantitative estimate of drug-likeness (QED) is 0.410. The summed E-state index contributed by atoms with van der Waals surface area (Å²) in [4.78, 5) is 46.4. The first-order chi connectivity index (χ1) is 9.73. The first-order valence-corrected chi connectivity index (χ1v) is 5.44. The van der Waals surface area contributed by atoms with Crippen molar-refractivity contribution < 1.29 is 168 Å². The van der Waals surface area contributed by atoms with Gasteiger partial charge in [-0.1, -0.05) is 0 Å². The normalized spacial score (nSPS) is 7.69. The van der Waals surface area contributed by atoms with E-state index < -0.39 is 35.9 Å². The molecule has 26 heavy (non-hydrogen) atoms. The summed E-state index contributed by atoms with van der Waals surface area (Å²) in [7, 11) is 0. The average molecular weight is 415 g/mol. The van der Waals surface area contributed by atoms with E-state index in [9.17, 15) is 14.7 Å². The number of hydrogen-bond donors (Lipinski definition) is 2. The van der Waals surface area contributed by atoms with Crippen molar-refractivity contribution in [1.29, 1.82) is 0 Å². The van der Waals surface area contributed by atoms with Gasteiger partial charge in [-0.05, 0) is 27.2 Å². The molecule has 0 spiro atoms. The van der Waals surface area contributed by atoms with E-state index in [1.807, 2.05) is 0 Å². The number of carboxylic acids is 5. The van der Waals surface area contributed by atoms with Gasteiger partial charge in [0.05, 0.1) is 5.97 Å². The average Bonchev–Trinajstić information content (AvgIpc) is 2.22. The molecule has 0 aromatic rings. The second-order valence-corrected chi connectivity index (χ2v) is 3.33. The van der Waals surface area contributed by atoms with Crippen LogP contribution in [0, 0.1) is 0 Å². The van der Waals surface area contributed by atoms with Crippen LogP contribution in [-0.4, -0.2) is 41.0 Å². The molecule has 0 saturated carbocycles. The van der Waals surface area contributed by atoms with Crippen molar-refractivity contribution in [3.05, 3.63) is 0 Å². The molecule has 0 aliphatic carbocycles. The van der Waals surface area contributed by atoms with Crippen LogP contribution in [0.5, 0.6) is 0 Å². The van der Waals surface area contributed by atoms with Gasteiger partial charge in [0, 0.05) is 30.4 Å². The summed E-state index contributed by atoms with van der Waals surface area (Å²) in [6.07, 6.45) is -0.327. The van der Waals surface area contributed by atoms with E-state index in [0.29, 0.717) is 0 Å². The molecule has 130 valence electrons. The monoisotopic (exact) mass is 415 g/mol. The Morgan fingerprint density at radius 2 is 0.962 bits per heavy atom. The van der Waals surface area contributed by atoms with Crippen LogP contribution in [0.2, 0.25) is 0 Å². The maximum Gasteiger partial charge on any atom is 1.00 e. The van der Waals surface area contributed by atoms with Crippen LogP contribution in [0.4, 0.5) is 0 Å². The Balaban J connectivity index is -0.0000000291. The maximum atomic E-state index is 9.88. The molecule has 1 atom stereocenters. The molecule has 11 nitrogen and oxygen atoms in total. The summed E-state index contributed by atoms with van der Waals surface area (Å²) in [6, 6.07) is -1.17. The molecule has 0 radical (unpaired) electrons. The Bertz CT molecular complexity index is 341. The molecular formula is C11H17NNa4O10. The number of carbonyl (C=O) groups excluding carboxylic acids is 4. The molecule has 0 fully saturated rings. The number of rotatable bonds is 4. The summed E-state index contributed by atoms with van der Waals surface area (Å²) in [6.45, 7) is 2.92. The number of hydrogen-bond acceptors (Lipinski definition) is 10. The third-order valence-electron chi connectivity index (χ3n) is 0.972. The number of nitrogens with two attached hydrogens (primary N) is 1. The van der Waals surface area contributed by atoms with Crippen LogP contribution in [-0.2, 0) is 24.0 Å². The third kappa shape index (κ3) is 141. The molecule has 0 saturated heterocycles. The van der Waals surface area contributed by atoms with Crippen LogP contribution in [0.15, 0.2) is 0 Å². The second-order valence-electron chi connectivity index (χ2n) is 3.33. The molecule has 0 aromatic heterocycles. The molecular weight excluding hydrogens is 398 g/mol. The van der Waals surface area contributed by atoms with Gasteiger partial charge in [-0.25, -0.2) is 0 Å². The van der Waals surface area contributed by atoms with Gasteiger partial charge in [-0.3, -0.25) is 4.79 Å². The first kappa shape index (κ1) is 50.7. The van der Waals surface area contributed by atoms with Gasteiger partial charge >= 0.3 is 124 Å². The predicted molar refractivity (Wildman–Crippen MR) is 61.9 cm³/mol. The zero-order chi connectivity index (χ0) is 18.9. The van der Waals surface area contributed by atoms with Gasteiger partial charge in [0.1, 0.15) is 0 Å². The molecule has 0 aliphatic rings. The van der Waals surface area contributed by atoms with Gasteiger partial charge in [-0.15, -0.1) is 0 Å². The van der Waals surface area contributed by atoms with Gasteiger partial charge in [0.15, 0.2) is 0 Å². The predicted octanol–water partition coefficient (Wildman–Crippen LogP) is -17.8. The van der Waals surface area contributed by atoms with Gasteiger partial charge in [0.25, 0.3) is 0 Å². The topological polar surface area (TPSA) is 224 Å². The summed E-state index contributed by atoms with van der Waals surface area (Å²) in [5, 5.41) is 44.6. The molecule has 0 aliphatic heterocycles. The number of aliphatic carboxylic acids is 5. The van der Waals surface area contributed by atoms with Gasteiger partial charge in [0.2, 0.25) is 0 Å². The van der Waals surface area contributed by atoms with Crippen molar-refractivity contribution in [2.24, 2.45) is 5.73 Å². The standard InChI is InChI=1S/C5H9NO4.3C2H4O2.4Na/c6-3(5(9)10)1-2-4(7)8;3*1-2(3)4;;;;/h3H,1-2,6H2,(H,7,8)(H,9,10);3*1H3,(H,3,4);;;;/q;;;;4*+1/p-4/t3-;;;;;;;/m0......./s1. The second kappa shape index (κ2) is 37.1. The summed E-state index contributed by atoms with van der Waals surface area (Å²) in [5.41, 5.74) is 4.94. The van der Waals surface area contributed by atoms with Crippen LogP contribution in [0.3, 0.4) is 0 Å². The first-order valence-electron chi connectivity index (χ1n) is 5.44. The van der Waals surface area contributed by atoms with E-state index in [4.69, 9.17) is 40.5 Å². The number of carboxylic acid groups (broad SMARTS) is 5. The van der Waals surface area contributed by atoms with Crippen LogP contribution in [0.1, 0.15) is 33.6 Å². The van der Waals surface area contributed by atoms with Crippen LogP contribution in [0.25, 0.3) is 0 Å². The van der Waals surface area contributed by atoms with E-state index in [2.05, 4.69) is 0 Å². The van der Waals surface area contributed by atoms with E-state index in [0.717, 1.165) is 20.8 Å². The van der Waals surface area contributed by atoms with Gasteiger partial charge < -0.3 is 50.4 Å². The van der Waals surface area contributed by atoms with Crippen LogP contribution < -0.4 is 144 Å². The van der Waals surface area contributed by atoms with Crippen molar-refractivity contribution in [2.75, 3.05) is 0 Å². The Kier molecular flexibility index (Phi) is 72.4. The van der Waals surface area contributed by atoms with E-state index in [1.165, 1.54) is 0 Å². The molecule has 0 bridgehead atoms. The fraction of sp³-hybridized carbons (Fsp3) is 0.545. The minimum absolute atomic E-state index is 0. The SMILES string of the molecule is CC(=O)[O-].CC(=O)[O-].CC(=O)[O-].N[C@@H](CCC(=O)O)C(=O)[O-].[Na+].[Na+].[Na+].[Na+]. The molecule has 0 rings (SSSR count). The minimum Gasteiger partial charge on any atom is -0.550 e. The largest absolute Gasteiger partial charge is 1.00 e. The zero-order valence-corrected chi connectivity index (χ0v) is 24.2. The maximum absolute atomic E-state index is 9.88. The summed E-state index contributed by atoms with van der Waals surface area (Å²) >= 11 is 0. The molecule has 0 aromatic carbocycles. The van der Waals surface area contributed by atoms with E-state index in [1.54, 1.807) is 0 Å². The molecule has 0 unspecified atom stereocenters. The summed E-state index contributed by atoms with van der Waals surface area (Å²) in [5.74, 6) is -5.72. The summed E-state index contributed by atoms with van der Waals surface area (Å²) < 4.78 is 0. The third-order valence-corrected chi connectivity index (χ3v) is 0.972. The molecule has 0 heterocycles. The Hall–Kier alpha value is 1.31. The fourth-order valence-corrected chi connectivity index (χ4v) is 0.397. The van der Waals surface area contributed by atoms with Crippen molar-refractivity contribution in [2.45, 2.75) is 39.7 Å². The van der Waals surface area contributed by atoms with Crippen LogP contribution >= 0.6 is 0 Å². The Morgan fingerprint density at radius 3 is 1.08 bits per heavy atom. The fourth-order valence-electron chi connectivity index (χ4n) is 0.397. The van der Waals surface area contributed by atoms with E-state index >= 15 is 0 Å². The smallest absolute Gasteiger partial charge is 0.550 e. The van der Waals surface area contributed by atoms with Crippen molar-refractivity contribution >= 4 is 29.8 Å². The molecule has 15 heteroatoms. The molecule has 3 N–H and O–H groups in total. The van der Waals surface area contributed by atoms with Gasteiger partial charge in [-0.2, -0.15) is 0 Å². The Morgan fingerprint density at radius 1 is 0.769 bits per heavy atom. The van der Waals surface area contributed by atoms with E-state index in [-0.39, 0.29) is 131 Å². The Labute approximate surface area is 239 Å². The zero-order valence-electron chi connectivity index (χ0n) is 16.2. The number of carbonyl (C=O) groups is 5. The van der Waals surface area contributed by atoms with Crippen molar-refractivity contribution in [1.82, 2.24) is 0 Å². The minimum atomic E-state index is -1.42. The van der Waals surface area contributed by atoms with Crippen molar-refractivity contribution in [3.8, 4) is 0 Å².